The van der Waals surface area contributed by atoms with Crippen LogP contribution in [0.15, 0.2) is 71.2 Å². The molecule has 0 aliphatic rings. The molecular weight excluding hydrogens is 376 g/mol. The van der Waals surface area contributed by atoms with E-state index in [0.717, 1.165) is 43.3 Å². The van der Waals surface area contributed by atoms with Crippen molar-refractivity contribution < 1.29 is 9.47 Å². The molecule has 0 heterocycles. The molecule has 0 saturated carbocycles. The second-order valence-corrected chi connectivity index (χ2v) is 6.71. The largest absolute Gasteiger partial charge is 0.496 e. The van der Waals surface area contributed by atoms with Crippen LogP contribution in [0.4, 0.5) is 0 Å². The van der Waals surface area contributed by atoms with Gasteiger partial charge >= 0.3 is 0 Å². The zero-order valence-electron chi connectivity index (χ0n) is 14.0. The van der Waals surface area contributed by atoms with Crippen molar-refractivity contribution in [2.75, 3.05) is 14.2 Å². The van der Waals surface area contributed by atoms with Gasteiger partial charge < -0.3 is 9.47 Å². The van der Waals surface area contributed by atoms with Crippen LogP contribution in [0.25, 0.3) is 32.7 Å². The van der Waals surface area contributed by atoms with Gasteiger partial charge in [0.05, 0.1) is 18.7 Å². The van der Waals surface area contributed by atoms with Gasteiger partial charge in [-0.1, -0.05) is 54.6 Å². The maximum Gasteiger partial charge on any atom is 0.141 e. The van der Waals surface area contributed by atoms with E-state index in [0.29, 0.717) is 0 Å². The average Bonchev–Trinajstić information content (AvgIpc) is 2.66. The first kappa shape index (κ1) is 16.0. The Bertz CT molecular complexity index is 1090. The average molecular weight is 393 g/mol. The summed E-state index contributed by atoms with van der Waals surface area (Å²) in [5, 5.41) is 4.60. The Kier molecular flexibility index (Phi) is 4.10. The Balaban J connectivity index is 2.24. The van der Waals surface area contributed by atoms with Crippen molar-refractivity contribution >= 4 is 37.5 Å². The standard InChI is InChI=1S/C22H17BrO2/c1-24-19-12-11-14-7-3-5-9-16(14)20(19)21-17-10-6-4-8-15(17)13-18(23)22(21)25-2/h3-13H,1-2H3. The minimum absolute atomic E-state index is 0.813. The van der Waals surface area contributed by atoms with Crippen molar-refractivity contribution in [3.63, 3.8) is 0 Å². The Morgan fingerprint density at radius 3 is 2.00 bits per heavy atom. The summed E-state index contributed by atoms with van der Waals surface area (Å²) in [6.45, 7) is 0. The van der Waals surface area contributed by atoms with E-state index < -0.39 is 0 Å². The topological polar surface area (TPSA) is 18.5 Å². The molecule has 0 N–H and O–H groups in total. The van der Waals surface area contributed by atoms with Crippen LogP contribution >= 0.6 is 15.9 Å². The summed E-state index contributed by atoms with van der Waals surface area (Å²) in [4.78, 5) is 0. The number of methoxy groups -OCH3 is 2. The van der Waals surface area contributed by atoms with Crippen molar-refractivity contribution in [3.8, 4) is 22.6 Å². The Hall–Kier alpha value is -2.52. The molecule has 0 fully saturated rings. The molecule has 0 atom stereocenters. The molecule has 0 aromatic heterocycles. The first-order chi connectivity index (χ1) is 12.2. The summed E-state index contributed by atoms with van der Waals surface area (Å²) in [5.41, 5.74) is 2.09. The second-order valence-electron chi connectivity index (χ2n) is 5.85. The van der Waals surface area contributed by atoms with Crippen LogP contribution in [-0.4, -0.2) is 14.2 Å². The lowest BCUT2D eigenvalue weighted by molar-refractivity contribution is 0.409. The van der Waals surface area contributed by atoms with Crippen LogP contribution in [0, 0.1) is 0 Å². The molecule has 0 saturated heterocycles. The molecule has 4 aromatic carbocycles. The molecule has 4 rings (SSSR count). The van der Waals surface area contributed by atoms with Crippen molar-refractivity contribution in [3.05, 3.63) is 71.2 Å². The molecule has 0 aliphatic carbocycles. The molecule has 3 heteroatoms. The van der Waals surface area contributed by atoms with E-state index in [4.69, 9.17) is 9.47 Å². The van der Waals surface area contributed by atoms with E-state index in [1.165, 1.54) is 5.39 Å². The number of rotatable bonds is 3. The minimum Gasteiger partial charge on any atom is -0.496 e. The SMILES string of the molecule is COc1ccc2ccccc2c1-c1c(OC)c(Br)cc2ccccc12. The van der Waals surface area contributed by atoms with Gasteiger partial charge in [-0.3, -0.25) is 0 Å². The third kappa shape index (κ3) is 2.56. The molecule has 0 amide bonds. The van der Waals surface area contributed by atoms with E-state index in [2.05, 4.69) is 70.5 Å². The maximum atomic E-state index is 5.78. The van der Waals surface area contributed by atoms with Gasteiger partial charge in [0, 0.05) is 11.1 Å². The fourth-order valence-electron chi connectivity index (χ4n) is 3.42. The van der Waals surface area contributed by atoms with Crippen molar-refractivity contribution in [1.82, 2.24) is 0 Å². The highest BCUT2D eigenvalue weighted by Crippen LogP contribution is 2.48. The van der Waals surface area contributed by atoms with Crippen molar-refractivity contribution in [1.29, 1.82) is 0 Å². The molecule has 2 nitrogen and oxygen atoms in total. The fraction of sp³-hybridized carbons (Fsp3) is 0.0909. The quantitative estimate of drug-likeness (QED) is 0.399. The zero-order valence-corrected chi connectivity index (χ0v) is 15.6. The molecule has 0 spiro atoms. The summed E-state index contributed by atoms with van der Waals surface area (Å²) in [6, 6.07) is 22.9. The van der Waals surface area contributed by atoms with Crippen LogP contribution < -0.4 is 9.47 Å². The lowest BCUT2D eigenvalue weighted by Crippen LogP contribution is -1.95. The van der Waals surface area contributed by atoms with Crippen LogP contribution in [0.5, 0.6) is 11.5 Å². The molecule has 0 radical (unpaired) electrons. The lowest BCUT2D eigenvalue weighted by atomic mass is 9.92. The van der Waals surface area contributed by atoms with Crippen molar-refractivity contribution in [2.45, 2.75) is 0 Å². The van der Waals surface area contributed by atoms with Gasteiger partial charge in [0.2, 0.25) is 0 Å². The Labute approximate surface area is 155 Å². The van der Waals surface area contributed by atoms with Gasteiger partial charge in [0.25, 0.3) is 0 Å². The van der Waals surface area contributed by atoms with E-state index in [1.807, 2.05) is 12.1 Å². The molecule has 124 valence electrons. The lowest BCUT2D eigenvalue weighted by Gasteiger charge is -2.18. The number of benzene rings is 4. The number of ether oxygens (including phenoxy) is 2. The first-order valence-corrected chi connectivity index (χ1v) is 8.85. The molecule has 0 unspecified atom stereocenters. The monoisotopic (exact) mass is 392 g/mol. The van der Waals surface area contributed by atoms with Gasteiger partial charge in [-0.25, -0.2) is 0 Å². The number of fused-ring (bicyclic) bond motifs is 2. The third-order valence-corrected chi connectivity index (χ3v) is 5.11. The highest BCUT2D eigenvalue weighted by Gasteiger charge is 2.20. The van der Waals surface area contributed by atoms with Crippen LogP contribution in [-0.2, 0) is 0 Å². The van der Waals surface area contributed by atoms with Crippen LogP contribution in [0.3, 0.4) is 0 Å². The molecule has 25 heavy (non-hydrogen) atoms. The molecule has 0 aliphatic heterocycles. The summed E-state index contributed by atoms with van der Waals surface area (Å²) >= 11 is 3.67. The highest BCUT2D eigenvalue weighted by molar-refractivity contribution is 9.10. The Morgan fingerprint density at radius 2 is 1.32 bits per heavy atom. The summed E-state index contributed by atoms with van der Waals surface area (Å²) in [7, 11) is 3.41. The maximum absolute atomic E-state index is 5.78. The smallest absolute Gasteiger partial charge is 0.141 e. The third-order valence-electron chi connectivity index (χ3n) is 4.52. The van der Waals surface area contributed by atoms with Crippen molar-refractivity contribution in [2.24, 2.45) is 0 Å². The molecule has 4 aromatic rings. The predicted octanol–water partition coefficient (Wildman–Crippen LogP) is 6.44. The van der Waals surface area contributed by atoms with Gasteiger partial charge in [-0.15, -0.1) is 0 Å². The van der Waals surface area contributed by atoms with E-state index in [9.17, 15) is 0 Å². The Morgan fingerprint density at radius 1 is 0.680 bits per heavy atom. The van der Waals surface area contributed by atoms with E-state index >= 15 is 0 Å². The van der Waals surface area contributed by atoms with Gasteiger partial charge in [-0.05, 0) is 49.6 Å². The zero-order chi connectivity index (χ0) is 17.4. The predicted molar refractivity (Wildman–Crippen MR) is 108 cm³/mol. The van der Waals surface area contributed by atoms with Gasteiger partial charge in [0.1, 0.15) is 11.5 Å². The summed E-state index contributed by atoms with van der Waals surface area (Å²) < 4.78 is 12.4. The first-order valence-electron chi connectivity index (χ1n) is 8.06. The number of hydrogen-bond acceptors (Lipinski definition) is 2. The fourth-order valence-corrected chi connectivity index (χ4v) is 4.03. The van der Waals surface area contributed by atoms with Gasteiger partial charge in [0.15, 0.2) is 0 Å². The number of hydrogen-bond donors (Lipinski definition) is 0. The molecule has 0 bridgehead atoms. The van der Waals surface area contributed by atoms with E-state index in [-0.39, 0.29) is 0 Å². The van der Waals surface area contributed by atoms with Crippen LogP contribution in [0.1, 0.15) is 0 Å². The minimum atomic E-state index is 0.813. The summed E-state index contributed by atoms with van der Waals surface area (Å²) in [5.74, 6) is 1.65. The highest BCUT2D eigenvalue weighted by atomic mass is 79.9. The normalized spacial score (nSPS) is 11.0. The number of halogens is 1. The second kappa shape index (κ2) is 6.41. The van der Waals surface area contributed by atoms with E-state index in [1.54, 1.807) is 14.2 Å². The molecular formula is C22H17BrO2. The summed E-state index contributed by atoms with van der Waals surface area (Å²) in [6.07, 6.45) is 0. The van der Waals surface area contributed by atoms with Crippen LogP contribution in [0.2, 0.25) is 0 Å². The van der Waals surface area contributed by atoms with Gasteiger partial charge in [-0.2, -0.15) is 0 Å².